The molecule has 1 heterocycles. The minimum absolute atomic E-state index is 0.321. The normalized spacial score (nSPS) is 16.4. The smallest absolute Gasteiger partial charge is 0.267 e. The molecule has 1 aliphatic rings. The maximum atomic E-state index is 13.0. The van der Waals surface area contributed by atoms with E-state index in [9.17, 15) is 9.59 Å². The molecule has 0 aromatic heterocycles. The molecule has 142 valence electrons. The molecule has 6 heteroatoms. The van der Waals surface area contributed by atoms with E-state index in [0.29, 0.717) is 21.3 Å². The third kappa shape index (κ3) is 4.44. The lowest BCUT2D eigenvalue weighted by Gasteiger charge is -2.16. The van der Waals surface area contributed by atoms with Gasteiger partial charge in [-0.15, -0.1) is 0 Å². The Morgan fingerprint density at radius 3 is 2.10 bits per heavy atom. The Hall–Kier alpha value is -3.64. The van der Waals surface area contributed by atoms with Crippen LogP contribution in [0.3, 0.4) is 0 Å². The fraction of sp³-hybridized carbons (Fsp3) is 0. The zero-order valence-electron chi connectivity index (χ0n) is 15.4. The number of para-hydroxylation sites is 1. The SMILES string of the molecule is O=C(NN1C(=O)/C(=C\c2ccccc2)SC1=Nc1ccccc1)c1ccccc1. The first-order chi connectivity index (χ1) is 14.2. The summed E-state index contributed by atoms with van der Waals surface area (Å²) in [5, 5.41) is 1.61. The predicted octanol–water partition coefficient (Wildman–Crippen LogP) is 4.64. The number of amides is 2. The highest BCUT2D eigenvalue weighted by Gasteiger charge is 2.35. The van der Waals surface area contributed by atoms with Crippen molar-refractivity contribution in [3.63, 3.8) is 0 Å². The summed E-state index contributed by atoms with van der Waals surface area (Å²) in [6.07, 6.45) is 1.79. The zero-order valence-corrected chi connectivity index (χ0v) is 16.2. The van der Waals surface area contributed by atoms with Crippen LogP contribution in [0.25, 0.3) is 6.08 Å². The molecule has 29 heavy (non-hydrogen) atoms. The molecule has 0 bridgehead atoms. The highest BCUT2D eigenvalue weighted by molar-refractivity contribution is 8.18. The van der Waals surface area contributed by atoms with Gasteiger partial charge in [-0.1, -0.05) is 66.7 Å². The molecule has 1 saturated heterocycles. The van der Waals surface area contributed by atoms with Gasteiger partial charge in [-0.3, -0.25) is 15.0 Å². The van der Waals surface area contributed by atoms with Crippen molar-refractivity contribution in [2.75, 3.05) is 0 Å². The van der Waals surface area contributed by atoms with Gasteiger partial charge in [0.15, 0.2) is 5.17 Å². The predicted molar refractivity (Wildman–Crippen MR) is 116 cm³/mol. The molecule has 3 aromatic carbocycles. The van der Waals surface area contributed by atoms with Crippen molar-refractivity contribution in [2.24, 2.45) is 4.99 Å². The number of carbonyl (C=O) groups excluding carboxylic acids is 2. The average Bonchev–Trinajstić information content (AvgIpc) is 3.04. The van der Waals surface area contributed by atoms with Gasteiger partial charge >= 0.3 is 0 Å². The van der Waals surface area contributed by atoms with Gasteiger partial charge in [0.2, 0.25) is 0 Å². The second kappa shape index (κ2) is 8.58. The Morgan fingerprint density at radius 1 is 0.862 bits per heavy atom. The van der Waals surface area contributed by atoms with E-state index in [0.717, 1.165) is 5.56 Å². The molecule has 2 amide bonds. The summed E-state index contributed by atoms with van der Waals surface area (Å²) in [6, 6.07) is 27.6. The van der Waals surface area contributed by atoms with Crippen LogP contribution >= 0.6 is 11.8 Å². The summed E-state index contributed by atoms with van der Waals surface area (Å²) in [6.45, 7) is 0. The molecule has 1 fully saturated rings. The Kier molecular flexibility index (Phi) is 5.54. The molecule has 0 radical (unpaired) electrons. The summed E-state index contributed by atoms with van der Waals surface area (Å²) in [4.78, 5) is 30.7. The van der Waals surface area contributed by atoms with Crippen LogP contribution in [0.5, 0.6) is 0 Å². The largest absolute Gasteiger partial charge is 0.285 e. The Morgan fingerprint density at radius 2 is 1.45 bits per heavy atom. The lowest BCUT2D eigenvalue weighted by molar-refractivity contribution is -0.123. The van der Waals surface area contributed by atoms with Gasteiger partial charge in [0.05, 0.1) is 10.6 Å². The minimum atomic E-state index is -0.374. The molecular weight excluding hydrogens is 382 g/mol. The lowest BCUT2D eigenvalue weighted by Crippen LogP contribution is -2.45. The van der Waals surface area contributed by atoms with Crippen molar-refractivity contribution < 1.29 is 9.59 Å². The molecule has 0 aliphatic carbocycles. The Labute approximate surface area is 172 Å². The molecule has 0 atom stereocenters. The number of carbonyl (C=O) groups is 2. The van der Waals surface area contributed by atoms with Crippen LogP contribution < -0.4 is 5.43 Å². The molecule has 0 unspecified atom stereocenters. The summed E-state index contributed by atoms with van der Waals surface area (Å²) in [5.74, 6) is -0.695. The van der Waals surface area contributed by atoms with Crippen LogP contribution in [0.1, 0.15) is 15.9 Å². The Balaban J connectivity index is 1.67. The van der Waals surface area contributed by atoms with Crippen LogP contribution in [0.15, 0.2) is 101 Å². The fourth-order valence-corrected chi connectivity index (χ4v) is 3.66. The first kappa shape index (κ1) is 18.7. The number of aliphatic imine (C=N–C) groups is 1. The number of benzene rings is 3. The van der Waals surface area contributed by atoms with Crippen molar-refractivity contribution in [2.45, 2.75) is 0 Å². The second-order valence-corrected chi connectivity index (χ2v) is 7.21. The fourth-order valence-electron chi connectivity index (χ4n) is 2.72. The van der Waals surface area contributed by atoms with E-state index in [1.807, 2.05) is 66.7 Å². The first-order valence-corrected chi connectivity index (χ1v) is 9.81. The molecule has 0 saturated carbocycles. The number of amidine groups is 1. The lowest BCUT2D eigenvalue weighted by atomic mass is 10.2. The van der Waals surface area contributed by atoms with Crippen LogP contribution in [0.4, 0.5) is 5.69 Å². The summed E-state index contributed by atoms with van der Waals surface area (Å²) in [5.41, 5.74) is 4.74. The standard InChI is InChI=1S/C23H17N3O2S/c27-21(18-12-6-2-7-13-18)25-26-22(28)20(16-17-10-4-1-5-11-17)29-23(26)24-19-14-8-3-9-15-19/h1-16H,(H,25,27)/b20-16+,24-23?. The number of thioether (sulfide) groups is 1. The number of rotatable bonds is 4. The number of hydrogen-bond donors (Lipinski definition) is 1. The molecule has 3 aromatic rings. The van der Waals surface area contributed by atoms with Crippen molar-refractivity contribution >= 4 is 40.5 Å². The molecule has 0 spiro atoms. The number of nitrogens with one attached hydrogen (secondary N) is 1. The van der Waals surface area contributed by atoms with Crippen molar-refractivity contribution in [3.05, 3.63) is 107 Å². The number of hydrazine groups is 1. The van der Waals surface area contributed by atoms with E-state index in [1.165, 1.54) is 16.8 Å². The summed E-state index contributed by atoms with van der Waals surface area (Å²) < 4.78 is 0. The number of hydrogen-bond acceptors (Lipinski definition) is 4. The third-order valence-corrected chi connectivity index (χ3v) is 5.10. The highest BCUT2D eigenvalue weighted by atomic mass is 32.2. The van der Waals surface area contributed by atoms with Crippen LogP contribution in [0, 0.1) is 0 Å². The quantitative estimate of drug-likeness (QED) is 0.651. The minimum Gasteiger partial charge on any atom is -0.267 e. The van der Waals surface area contributed by atoms with Gasteiger partial charge in [0.1, 0.15) is 0 Å². The molecule has 4 rings (SSSR count). The van der Waals surface area contributed by atoms with E-state index >= 15 is 0 Å². The maximum Gasteiger partial charge on any atom is 0.285 e. The third-order valence-electron chi connectivity index (χ3n) is 4.13. The maximum absolute atomic E-state index is 13.0. The van der Waals surface area contributed by atoms with Gasteiger partial charge in [-0.05, 0) is 47.7 Å². The van der Waals surface area contributed by atoms with E-state index in [4.69, 9.17) is 0 Å². The topological polar surface area (TPSA) is 61.8 Å². The second-order valence-electron chi connectivity index (χ2n) is 6.20. The first-order valence-electron chi connectivity index (χ1n) is 8.99. The number of nitrogens with zero attached hydrogens (tertiary/aromatic N) is 2. The van der Waals surface area contributed by atoms with E-state index in [-0.39, 0.29) is 11.8 Å². The van der Waals surface area contributed by atoms with Crippen LogP contribution in [-0.2, 0) is 4.79 Å². The van der Waals surface area contributed by atoms with Crippen LogP contribution in [0.2, 0.25) is 0 Å². The average molecular weight is 399 g/mol. The molecule has 5 nitrogen and oxygen atoms in total. The van der Waals surface area contributed by atoms with Gasteiger partial charge in [0, 0.05) is 5.56 Å². The zero-order chi connectivity index (χ0) is 20.1. The van der Waals surface area contributed by atoms with E-state index in [2.05, 4.69) is 10.4 Å². The van der Waals surface area contributed by atoms with E-state index < -0.39 is 0 Å². The van der Waals surface area contributed by atoms with Crippen LogP contribution in [-0.4, -0.2) is 22.0 Å². The van der Waals surface area contributed by atoms with Gasteiger partial charge in [-0.25, -0.2) is 4.99 Å². The van der Waals surface area contributed by atoms with Crippen molar-refractivity contribution in [1.29, 1.82) is 0 Å². The summed E-state index contributed by atoms with van der Waals surface area (Å²) in [7, 11) is 0. The monoisotopic (exact) mass is 399 g/mol. The van der Waals surface area contributed by atoms with Crippen molar-refractivity contribution in [1.82, 2.24) is 10.4 Å². The van der Waals surface area contributed by atoms with Gasteiger partial charge < -0.3 is 0 Å². The Bertz CT molecular complexity index is 1080. The van der Waals surface area contributed by atoms with E-state index in [1.54, 1.807) is 30.3 Å². The highest BCUT2D eigenvalue weighted by Crippen LogP contribution is 2.33. The van der Waals surface area contributed by atoms with Crippen molar-refractivity contribution in [3.8, 4) is 0 Å². The molecule has 1 N–H and O–H groups in total. The molecule has 1 aliphatic heterocycles. The van der Waals surface area contributed by atoms with Gasteiger partial charge in [0.25, 0.3) is 11.8 Å². The molecular formula is C23H17N3O2S. The van der Waals surface area contributed by atoms with Gasteiger partial charge in [-0.2, -0.15) is 5.01 Å². The summed E-state index contributed by atoms with van der Waals surface area (Å²) >= 11 is 1.23.